The zero-order chi connectivity index (χ0) is 16.0. The van der Waals surface area contributed by atoms with Crippen molar-refractivity contribution in [3.63, 3.8) is 0 Å². The molecule has 3 N–H and O–H groups in total. The SMILES string of the molecule is CC(NC(=O)NC1c2ccccc2CC1O)C1CC2CCC1C2. The Hall–Kier alpha value is -1.55. The summed E-state index contributed by atoms with van der Waals surface area (Å²) in [6.45, 7) is 2.13. The van der Waals surface area contributed by atoms with E-state index in [-0.39, 0.29) is 18.1 Å². The fourth-order valence-corrected chi connectivity index (χ4v) is 5.15. The van der Waals surface area contributed by atoms with Gasteiger partial charge >= 0.3 is 6.03 Å². The highest BCUT2D eigenvalue weighted by Crippen LogP contribution is 2.49. The summed E-state index contributed by atoms with van der Waals surface area (Å²) in [6, 6.07) is 7.72. The molecule has 2 fully saturated rings. The number of benzene rings is 1. The molecule has 1 aromatic rings. The number of fused-ring (bicyclic) bond motifs is 3. The Balaban J connectivity index is 1.37. The van der Waals surface area contributed by atoms with Gasteiger partial charge in [0, 0.05) is 12.5 Å². The fourth-order valence-electron chi connectivity index (χ4n) is 5.15. The topological polar surface area (TPSA) is 61.4 Å². The van der Waals surface area contributed by atoms with Gasteiger partial charge in [-0.1, -0.05) is 30.7 Å². The predicted molar refractivity (Wildman–Crippen MR) is 89.0 cm³/mol. The zero-order valence-corrected chi connectivity index (χ0v) is 13.7. The molecule has 1 aromatic carbocycles. The first kappa shape index (κ1) is 15.0. The third kappa shape index (κ3) is 2.74. The predicted octanol–water partition coefficient (Wildman–Crippen LogP) is 2.77. The number of carbonyl (C=O) groups excluding carboxylic acids is 1. The monoisotopic (exact) mass is 314 g/mol. The van der Waals surface area contributed by atoms with E-state index in [1.54, 1.807) is 0 Å². The van der Waals surface area contributed by atoms with Crippen molar-refractivity contribution in [1.82, 2.24) is 10.6 Å². The van der Waals surface area contributed by atoms with Gasteiger partial charge in [0.1, 0.15) is 0 Å². The summed E-state index contributed by atoms with van der Waals surface area (Å²) in [6.07, 6.45) is 5.41. The average molecular weight is 314 g/mol. The Kier molecular flexibility index (Phi) is 3.80. The maximum Gasteiger partial charge on any atom is 0.315 e. The van der Waals surface area contributed by atoms with Crippen LogP contribution in [0.5, 0.6) is 0 Å². The second-order valence-electron chi connectivity index (χ2n) is 7.69. The Morgan fingerprint density at radius 3 is 2.83 bits per heavy atom. The minimum Gasteiger partial charge on any atom is -0.390 e. The normalized spacial score (nSPS) is 35.8. The van der Waals surface area contributed by atoms with E-state index < -0.39 is 6.10 Å². The lowest BCUT2D eigenvalue weighted by Crippen LogP contribution is -2.47. The summed E-state index contributed by atoms with van der Waals surface area (Å²) in [5, 5.41) is 16.4. The van der Waals surface area contributed by atoms with Crippen LogP contribution in [0.3, 0.4) is 0 Å². The van der Waals surface area contributed by atoms with Crippen molar-refractivity contribution < 1.29 is 9.90 Å². The van der Waals surface area contributed by atoms with Crippen molar-refractivity contribution in [2.24, 2.45) is 17.8 Å². The minimum absolute atomic E-state index is 0.152. The number of amides is 2. The van der Waals surface area contributed by atoms with Gasteiger partial charge in [0.15, 0.2) is 0 Å². The molecule has 0 aromatic heterocycles. The van der Waals surface area contributed by atoms with Crippen LogP contribution in [0, 0.1) is 17.8 Å². The van der Waals surface area contributed by atoms with Crippen molar-refractivity contribution in [3.8, 4) is 0 Å². The van der Waals surface area contributed by atoms with E-state index in [9.17, 15) is 9.90 Å². The number of hydrogen-bond acceptors (Lipinski definition) is 2. The molecule has 0 spiro atoms. The van der Waals surface area contributed by atoms with Crippen molar-refractivity contribution in [2.45, 2.75) is 57.2 Å². The number of rotatable bonds is 3. The van der Waals surface area contributed by atoms with Crippen LogP contribution in [-0.2, 0) is 6.42 Å². The number of carbonyl (C=O) groups is 1. The lowest BCUT2D eigenvalue weighted by atomic mass is 9.84. The van der Waals surface area contributed by atoms with E-state index in [4.69, 9.17) is 0 Å². The third-order valence-corrected chi connectivity index (χ3v) is 6.28. The smallest absolute Gasteiger partial charge is 0.315 e. The molecular formula is C19H26N2O2. The Morgan fingerprint density at radius 2 is 2.09 bits per heavy atom. The van der Waals surface area contributed by atoms with E-state index in [2.05, 4.69) is 17.6 Å². The molecule has 6 atom stereocenters. The van der Waals surface area contributed by atoms with E-state index in [0.717, 1.165) is 23.0 Å². The summed E-state index contributed by atoms with van der Waals surface area (Å²) in [5.41, 5.74) is 2.18. The van der Waals surface area contributed by atoms with Gasteiger partial charge in [0.2, 0.25) is 0 Å². The summed E-state index contributed by atoms with van der Waals surface area (Å²) >= 11 is 0. The lowest BCUT2D eigenvalue weighted by molar-refractivity contribution is 0.140. The third-order valence-electron chi connectivity index (χ3n) is 6.28. The quantitative estimate of drug-likeness (QED) is 0.803. The van der Waals surface area contributed by atoms with Gasteiger partial charge in [-0.05, 0) is 55.1 Å². The standard InChI is InChI=1S/C19H26N2O2/c1-11(16-9-12-6-7-14(16)8-12)20-19(23)21-18-15-5-3-2-4-13(15)10-17(18)22/h2-5,11-12,14,16-18,22H,6-10H2,1H3,(H2,20,21,23). The van der Waals surface area contributed by atoms with Gasteiger partial charge in [0.05, 0.1) is 12.1 Å². The molecule has 2 bridgehead atoms. The van der Waals surface area contributed by atoms with Crippen LogP contribution in [0.1, 0.15) is 49.8 Å². The van der Waals surface area contributed by atoms with Crippen LogP contribution in [0.4, 0.5) is 4.79 Å². The number of urea groups is 1. The van der Waals surface area contributed by atoms with Gasteiger partial charge in [-0.15, -0.1) is 0 Å². The fraction of sp³-hybridized carbons (Fsp3) is 0.632. The molecule has 2 amide bonds. The lowest BCUT2D eigenvalue weighted by Gasteiger charge is -2.29. The molecule has 0 aliphatic heterocycles. The van der Waals surface area contributed by atoms with Crippen molar-refractivity contribution in [3.05, 3.63) is 35.4 Å². The van der Waals surface area contributed by atoms with Gasteiger partial charge in [0.25, 0.3) is 0 Å². The van der Waals surface area contributed by atoms with Crippen LogP contribution in [0.2, 0.25) is 0 Å². The molecule has 4 nitrogen and oxygen atoms in total. The highest BCUT2D eigenvalue weighted by Gasteiger charge is 2.42. The molecule has 3 aliphatic rings. The second kappa shape index (κ2) is 5.82. The van der Waals surface area contributed by atoms with E-state index in [0.29, 0.717) is 12.3 Å². The van der Waals surface area contributed by atoms with Crippen LogP contribution in [-0.4, -0.2) is 23.3 Å². The molecule has 4 rings (SSSR count). The molecule has 3 aliphatic carbocycles. The first-order chi connectivity index (χ1) is 11.1. The van der Waals surface area contributed by atoms with Crippen LogP contribution in [0.15, 0.2) is 24.3 Å². The molecule has 4 heteroatoms. The summed E-state index contributed by atoms with van der Waals surface area (Å²) in [4.78, 5) is 12.4. The van der Waals surface area contributed by atoms with Gasteiger partial charge < -0.3 is 15.7 Å². The zero-order valence-electron chi connectivity index (χ0n) is 13.7. The van der Waals surface area contributed by atoms with E-state index in [1.165, 1.54) is 25.7 Å². The molecule has 23 heavy (non-hydrogen) atoms. The Labute approximate surface area is 137 Å². The second-order valence-corrected chi connectivity index (χ2v) is 7.69. The summed E-state index contributed by atoms with van der Waals surface area (Å²) in [5.74, 6) is 2.31. The van der Waals surface area contributed by atoms with Gasteiger partial charge in [-0.2, -0.15) is 0 Å². The van der Waals surface area contributed by atoms with Crippen LogP contribution < -0.4 is 10.6 Å². The highest BCUT2D eigenvalue weighted by atomic mass is 16.3. The van der Waals surface area contributed by atoms with Crippen LogP contribution >= 0.6 is 0 Å². The Bertz CT molecular complexity index is 603. The number of nitrogens with one attached hydrogen (secondary N) is 2. The van der Waals surface area contributed by atoms with Gasteiger partial charge in [-0.3, -0.25) is 0 Å². The number of aliphatic hydroxyl groups is 1. The van der Waals surface area contributed by atoms with Crippen molar-refractivity contribution in [2.75, 3.05) is 0 Å². The summed E-state index contributed by atoms with van der Waals surface area (Å²) < 4.78 is 0. The first-order valence-corrected chi connectivity index (χ1v) is 8.94. The van der Waals surface area contributed by atoms with E-state index in [1.807, 2.05) is 24.3 Å². The molecule has 6 unspecified atom stereocenters. The Morgan fingerprint density at radius 1 is 1.26 bits per heavy atom. The highest BCUT2D eigenvalue weighted by molar-refractivity contribution is 5.75. The molecule has 0 saturated heterocycles. The van der Waals surface area contributed by atoms with E-state index >= 15 is 0 Å². The molecule has 124 valence electrons. The summed E-state index contributed by atoms with van der Waals surface area (Å²) in [7, 11) is 0. The maximum absolute atomic E-state index is 12.4. The van der Waals surface area contributed by atoms with Crippen molar-refractivity contribution >= 4 is 6.03 Å². The molecule has 0 radical (unpaired) electrons. The molecule has 0 heterocycles. The first-order valence-electron chi connectivity index (χ1n) is 8.94. The largest absolute Gasteiger partial charge is 0.390 e. The molecule has 2 saturated carbocycles. The van der Waals surface area contributed by atoms with Gasteiger partial charge in [-0.25, -0.2) is 4.79 Å². The molecular weight excluding hydrogens is 288 g/mol. The minimum atomic E-state index is -0.532. The maximum atomic E-state index is 12.4. The van der Waals surface area contributed by atoms with Crippen LogP contribution in [0.25, 0.3) is 0 Å². The number of aliphatic hydroxyl groups excluding tert-OH is 1. The number of hydrogen-bond donors (Lipinski definition) is 3. The van der Waals surface area contributed by atoms with Crippen molar-refractivity contribution in [1.29, 1.82) is 0 Å². The average Bonchev–Trinajstić information content (AvgIpc) is 3.22.